The first kappa shape index (κ1) is 24.1. The summed E-state index contributed by atoms with van der Waals surface area (Å²) in [5, 5.41) is 0.621. The topological polar surface area (TPSA) is 30.2 Å². The van der Waals surface area contributed by atoms with Gasteiger partial charge in [0.1, 0.15) is 16.8 Å². The first-order chi connectivity index (χ1) is 19.7. The van der Waals surface area contributed by atoms with Crippen molar-refractivity contribution in [3.05, 3.63) is 189 Å². The Hall–Kier alpha value is -4.95. The maximum Gasteiger partial charge on any atom is 0.200 e. The SMILES string of the molecule is CCc1ccc2oc3c(c(=O)c2c1)C(c1ccccc1)=C(c1ccccc1)C3(c1ccccc1)c1ccccc1. The molecule has 0 amide bonds. The summed E-state index contributed by atoms with van der Waals surface area (Å²) in [5.41, 5.74) is 7.66. The summed E-state index contributed by atoms with van der Waals surface area (Å²) in [6, 6.07) is 47.7. The molecule has 0 N–H and O–H groups in total. The normalized spacial score (nSPS) is 13.9. The van der Waals surface area contributed by atoms with Crippen LogP contribution in [0.3, 0.4) is 0 Å². The molecule has 0 radical (unpaired) electrons. The van der Waals surface area contributed by atoms with Crippen molar-refractivity contribution in [3.8, 4) is 0 Å². The van der Waals surface area contributed by atoms with Gasteiger partial charge in [-0.3, -0.25) is 4.79 Å². The van der Waals surface area contributed by atoms with E-state index in [4.69, 9.17) is 4.42 Å². The van der Waals surface area contributed by atoms with Gasteiger partial charge in [0.2, 0.25) is 5.43 Å². The van der Waals surface area contributed by atoms with Gasteiger partial charge < -0.3 is 4.42 Å². The molecule has 0 unspecified atom stereocenters. The van der Waals surface area contributed by atoms with Crippen LogP contribution < -0.4 is 5.43 Å². The Morgan fingerprint density at radius 3 is 1.70 bits per heavy atom. The summed E-state index contributed by atoms with van der Waals surface area (Å²) < 4.78 is 6.97. The Labute approximate surface area is 233 Å². The Balaban J connectivity index is 1.76. The minimum absolute atomic E-state index is 0.00701. The number of benzene rings is 5. The van der Waals surface area contributed by atoms with Crippen molar-refractivity contribution in [3.63, 3.8) is 0 Å². The molecule has 2 nitrogen and oxygen atoms in total. The Morgan fingerprint density at radius 1 is 0.625 bits per heavy atom. The fraction of sp³-hybridized carbons (Fsp3) is 0.0789. The van der Waals surface area contributed by atoms with Crippen molar-refractivity contribution in [2.24, 2.45) is 0 Å². The zero-order valence-corrected chi connectivity index (χ0v) is 22.3. The second kappa shape index (κ2) is 9.66. The molecule has 0 atom stereocenters. The van der Waals surface area contributed by atoms with Crippen LogP contribution in [0.15, 0.2) is 149 Å². The van der Waals surface area contributed by atoms with E-state index in [2.05, 4.69) is 97.9 Å². The number of allylic oxidation sites excluding steroid dienone is 1. The minimum atomic E-state index is -0.846. The third-order valence-corrected chi connectivity index (χ3v) is 8.12. The van der Waals surface area contributed by atoms with Crippen LogP contribution >= 0.6 is 0 Å². The third-order valence-electron chi connectivity index (χ3n) is 8.12. The van der Waals surface area contributed by atoms with Crippen molar-refractivity contribution in [2.45, 2.75) is 18.8 Å². The second-order valence-electron chi connectivity index (χ2n) is 10.3. The molecular formula is C38H28O2. The predicted molar refractivity (Wildman–Crippen MR) is 163 cm³/mol. The number of hydrogen-bond acceptors (Lipinski definition) is 2. The van der Waals surface area contributed by atoms with Gasteiger partial charge in [-0.25, -0.2) is 0 Å². The molecule has 1 aliphatic rings. The van der Waals surface area contributed by atoms with E-state index in [0.29, 0.717) is 22.3 Å². The number of aryl methyl sites for hydroxylation is 1. The molecule has 1 aromatic heterocycles. The lowest BCUT2D eigenvalue weighted by molar-refractivity contribution is 0.498. The smallest absolute Gasteiger partial charge is 0.200 e. The van der Waals surface area contributed by atoms with E-state index in [-0.39, 0.29) is 5.43 Å². The summed E-state index contributed by atoms with van der Waals surface area (Å²) in [7, 11) is 0. The van der Waals surface area contributed by atoms with Crippen molar-refractivity contribution < 1.29 is 4.42 Å². The maximum atomic E-state index is 14.7. The van der Waals surface area contributed by atoms with E-state index in [0.717, 1.165) is 45.4 Å². The third kappa shape index (κ3) is 3.53. The van der Waals surface area contributed by atoms with Crippen LogP contribution in [0.5, 0.6) is 0 Å². The standard InChI is InChI=1S/C38H28O2/c1-2-26-23-24-32-31(25-26)36(39)34-33(27-15-7-3-8-16-27)35(28-17-9-4-10-18-28)38(37(34)40-32,29-19-11-5-12-20-29)30-21-13-6-14-22-30/h3-25H,2H2,1H3. The molecule has 0 spiro atoms. The molecule has 6 aromatic rings. The monoisotopic (exact) mass is 516 g/mol. The molecule has 5 aromatic carbocycles. The molecule has 192 valence electrons. The highest BCUT2D eigenvalue weighted by atomic mass is 16.3. The molecule has 1 heterocycles. The highest BCUT2D eigenvalue weighted by Gasteiger charge is 2.52. The van der Waals surface area contributed by atoms with Gasteiger partial charge in [0.05, 0.1) is 10.9 Å². The van der Waals surface area contributed by atoms with Crippen LogP contribution in [-0.2, 0) is 11.8 Å². The van der Waals surface area contributed by atoms with Gasteiger partial charge in [0.15, 0.2) is 0 Å². The van der Waals surface area contributed by atoms with E-state index in [1.807, 2.05) is 48.5 Å². The Morgan fingerprint density at radius 2 is 1.15 bits per heavy atom. The molecule has 0 fully saturated rings. The van der Waals surface area contributed by atoms with E-state index in [1.165, 1.54) is 0 Å². The summed E-state index contributed by atoms with van der Waals surface area (Å²) in [6.45, 7) is 2.11. The summed E-state index contributed by atoms with van der Waals surface area (Å²) >= 11 is 0. The second-order valence-corrected chi connectivity index (χ2v) is 10.3. The van der Waals surface area contributed by atoms with Crippen LogP contribution in [0.4, 0.5) is 0 Å². The van der Waals surface area contributed by atoms with E-state index in [9.17, 15) is 4.79 Å². The van der Waals surface area contributed by atoms with Gasteiger partial charge in [-0.15, -0.1) is 0 Å². The zero-order valence-electron chi connectivity index (χ0n) is 22.3. The molecule has 0 saturated heterocycles. The minimum Gasteiger partial charge on any atom is -0.458 e. The van der Waals surface area contributed by atoms with Gasteiger partial charge in [0.25, 0.3) is 0 Å². The fourth-order valence-corrected chi connectivity index (χ4v) is 6.33. The lowest BCUT2D eigenvalue weighted by Crippen LogP contribution is -2.30. The summed E-state index contributed by atoms with van der Waals surface area (Å²) in [5.74, 6) is 0.671. The Bertz CT molecular complexity index is 1880. The average molecular weight is 517 g/mol. The van der Waals surface area contributed by atoms with Crippen molar-refractivity contribution >= 4 is 22.1 Å². The molecule has 0 aliphatic heterocycles. The van der Waals surface area contributed by atoms with Crippen LogP contribution in [0, 0.1) is 0 Å². The maximum absolute atomic E-state index is 14.7. The molecule has 40 heavy (non-hydrogen) atoms. The fourth-order valence-electron chi connectivity index (χ4n) is 6.33. The van der Waals surface area contributed by atoms with Gasteiger partial charge in [-0.05, 0) is 51.9 Å². The Kier molecular flexibility index (Phi) is 5.82. The van der Waals surface area contributed by atoms with E-state index in [1.54, 1.807) is 0 Å². The number of rotatable bonds is 5. The lowest BCUT2D eigenvalue weighted by atomic mass is 9.67. The quantitative estimate of drug-likeness (QED) is 0.229. The van der Waals surface area contributed by atoms with Crippen molar-refractivity contribution in [2.75, 3.05) is 0 Å². The van der Waals surface area contributed by atoms with Crippen molar-refractivity contribution in [1.82, 2.24) is 0 Å². The molecule has 2 heteroatoms. The highest BCUT2D eigenvalue weighted by molar-refractivity contribution is 6.10. The van der Waals surface area contributed by atoms with E-state index < -0.39 is 5.41 Å². The molecular weight excluding hydrogens is 488 g/mol. The molecule has 0 bridgehead atoms. The highest BCUT2D eigenvalue weighted by Crippen LogP contribution is 2.59. The molecule has 1 aliphatic carbocycles. The average Bonchev–Trinajstić information content (AvgIpc) is 3.34. The first-order valence-electron chi connectivity index (χ1n) is 13.8. The molecule has 0 saturated carbocycles. The van der Waals surface area contributed by atoms with Gasteiger partial charge in [-0.1, -0.05) is 134 Å². The van der Waals surface area contributed by atoms with E-state index >= 15 is 0 Å². The van der Waals surface area contributed by atoms with Crippen LogP contribution in [0.25, 0.3) is 22.1 Å². The van der Waals surface area contributed by atoms with Crippen molar-refractivity contribution in [1.29, 1.82) is 0 Å². The largest absolute Gasteiger partial charge is 0.458 e. The summed E-state index contributed by atoms with van der Waals surface area (Å²) in [6.07, 6.45) is 0.848. The van der Waals surface area contributed by atoms with Crippen LogP contribution in [0.2, 0.25) is 0 Å². The van der Waals surface area contributed by atoms with Gasteiger partial charge >= 0.3 is 0 Å². The van der Waals surface area contributed by atoms with Gasteiger partial charge in [-0.2, -0.15) is 0 Å². The lowest BCUT2D eigenvalue weighted by Gasteiger charge is -2.34. The van der Waals surface area contributed by atoms with Gasteiger partial charge in [0, 0.05) is 5.57 Å². The number of hydrogen-bond donors (Lipinski definition) is 0. The predicted octanol–water partition coefficient (Wildman–Crippen LogP) is 8.66. The summed E-state index contributed by atoms with van der Waals surface area (Å²) in [4.78, 5) is 14.7. The first-order valence-corrected chi connectivity index (χ1v) is 13.8. The number of fused-ring (bicyclic) bond motifs is 2. The van der Waals surface area contributed by atoms with Crippen LogP contribution in [-0.4, -0.2) is 0 Å². The molecule has 7 rings (SSSR count). The zero-order chi connectivity index (χ0) is 27.1. The van der Waals surface area contributed by atoms with Crippen LogP contribution in [0.1, 0.15) is 46.1 Å².